The molecule has 7 aromatic carbocycles. The second-order valence-electron chi connectivity index (χ2n) is 14.6. The molecule has 1 aliphatic carbocycles. The van der Waals surface area contributed by atoms with Gasteiger partial charge in [0.15, 0.2) is 0 Å². The fourth-order valence-corrected chi connectivity index (χ4v) is 8.26. The van der Waals surface area contributed by atoms with Crippen LogP contribution in [0.15, 0.2) is 216 Å². The standard InChI is InChI=1S/C52H39N3O/c1-55-51(38-16-7-3-8-17-38)53-50(54-52(55)39-18-9-4-10-19-39)45-24-13-25-48-49(45)46-34-44(30-31-47(46)56-48)37-28-26-36(27-29-37)41-21-12-23-43(33-41)42-22-11-20-40(32-42)35-14-5-2-6-15-35/h2-34,45,49,51H,1H3. The van der Waals surface area contributed by atoms with Crippen molar-refractivity contribution in [3.63, 3.8) is 0 Å². The summed E-state index contributed by atoms with van der Waals surface area (Å²) < 4.78 is 6.52. The highest BCUT2D eigenvalue weighted by molar-refractivity contribution is 6.09. The molecule has 2 aliphatic heterocycles. The quantitative estimate of drug-likeness (QED) is 0.164. The number of hydrogen-bond donors (Lipinski definition) is 0. The normalized spacial score (nSPS) is 18.3. The number of nitrogens with zero attached hydrogens (tertiary/aromatic N) is 3. The van der Waals surface area contributed by atoms with Crippen molar-refractivity contribution in [1.82, 2.24) is 4.90 Å². The molecule has 2 heterocycles. The number of amidine groups is 2. The Hall–Kier alpha value is -7.04. The molecule has 0 saturated heterocycles. The highest BCUT2D eigenvalue weighted by Crippen LogP contribution is 2.49. The third kappa shape index (κ3) is 6.25. The van der Waals surface area contributed by atoms with Gasteiger partial charge in [0.25, 0.3) is 0 Å². The van der Waals surface area contributed by atoms with Gasteiger partial charge >= 0.3 is 0 Å². The molecule has 0 bridgehead atoms. The molecule has 0 amide bonds. The summed E-state index contributed by atoms with van der Waals surface area (Å²) in [6.45, 7) is 0. The van der Waals surface area contributed by atoms with Gasteiger partial charge in [-0.15, -0.1) is 0 Å². The topological polar surface area (TPSA) is 37.2 Å². The Balaban J connectivity index is 0.955. The van der Waals surface area contributed by atoms with Gasteiger partial charge < -0.3 is 9.64 Å². The predicted octanol–water partition coefficient (Wildman–Crippen LogP) is 12.4. The van der Waals surface area contributed by atoms with E-state index < -0.39 is 0 Å². The highest BCUT2D eigenvalue weighted by Gasteiger charge is 2.41. The van der Waals surface area contributed by atoms with E-state index in [-0.39, 0.29) is 18.0 Å². The van der Waals surface area contributed by atoms with Gasteiger partial charge in [-0.1, -0.05) is 170 Å². The van der Waals surface area contributed by atoms with Crippen LogP contribution in [0.5, 0.6) is 5.75 Å². The Morgan fingerprint density at radius 2 is 1.00 bits per heavy atom. The lowest BCUT2D eigenvalue weighted by molar-refractivity contribution is 0.376. The summed E-state index contributed by atoms with van der Waals surface area (Å²) in [5, 5.41) is 0. The number of hydrogen-bond acceptors (Lipinski definition) is 4. The van der Waals surface area contributed by atoms with Crippen LogP contribution in [-0.4, -0.2) is 23.6 Å². The van der Waals surface area contributed by atoms with Crippen molar-refractivity contribution in [3.05, 3.63) is 223 Å². The largest absolute Gasteiger partial charge is 0.461 e. The first-order valence-electron chi connectivity index (χ1n) is 19.2. The molecule has 268 valence electrons. The number of ether oxygens (including phenoxy) is 1. The minimum atomic E-state index is -0.201. The Bertz CT molecular complexity index is 2680. The second-order valence-corrected chi connectivity index (χ2v) is 14.6. The lowest BCUT2D eigenvalue weighted by Gasteiger charge is -2.35. The smallest absolute Gasteiger partial charge is 0.150 e. The Kier molecular flexibility index (Phi) is 8.57. The zero-order chi connectivity index (χ0) is 37.4. The average Bonchev–Trinajstić information content (AvgIpc) is 3.66. The molecule has 3 aliphatic rings. The summed E-state index contributed by atoms with van der Waals surface area (Å²) in [6, 6.07) is 64.6. The van der Waals surface area contributed by atoms with Crippen LogP contribution >= 0.6 is 0 Å². The summed E-state index contributed by atoms with van der Waals surface area (Å²) in [7, 11) is 2.08. The molecule has 0 spiro atoms. The molecule has 7 aromatic rings. The first-order valence-corrected chi connectivity index (χ1v) is 19.2. The Labute approximate surface area is 328 Å². The van der Waals surface area contributed by atoms with Crippen LogP contribution in [0.25, 0.3) is 44.5 Å². The van der Waals surface area contributed by atoms with Crippen molar-refractivity contribution in [2.75, 3.05) is 7.05 Å². The minimum absolute atomic E-state index is 0.0308. The van der Waals surface area contributed by atoms with E-state index in [4.69, 9.17) is 14.7 Å². The molecule has 0 radical (unpaired) electrons. The molecule has 3 unspecified atom stereocenters. The van der Waals surface area contributed by atoms with Crippen molar-refractivity contribution in [3.8, 4) is 50.3 Å². The first kappa shape index (κ1) is 33.5. The number of allylic oxidation sites excluding steroid dienone is 3. The molecule has 0 aromatic heterocycles. The number of fused-ring (bicyclic) bond motifs is 3. The van der Waals surface area contributed by atoms with Gasteiger partial charge in [0.2, 0.25) is 0 Å². The number of benzene rings is 7. The summed E-state index contributed by atoms with van der Waals surface area (Å²) in [4.78, 5) is 12.8. The second kappa shape index (κ2) is 14.3. The first-order chi connectivity index (χ1) is 27.7. The summed E-state index contributed by atoms with van der Waals surface area (Å²) in [5.41, 5.74) is 12.9. The zero-order valence-electron chi connectivity index (χ0n) is 31.0. The van der Waals surface area contributed by atoms with E-state index in [2.05, 4.69) is 200 Å². The number of rotatable bonds is 7. The fourth-order valence-electron chi connectivity index (χ4n) is 8.26. The van der Waals surface area contributed by atoms with Gasteiger partial charge in [0.1, 0.15) is 29.3 Å². The molecular formula is C52H39N3O. The molecular weight excluding hydrogens is 683 g/mol. The molecule has 0 N–H and O–H groups in total. The molecule has 0 saturated carbocycles. The van der Waals surface area contributed by atoms with E-state index in [9.17, 15) is 0 Å². The van der Waals surface area contributed by atoms with E-state index in [0.717, 1.165) is 51.0 Å². The summed E-state index contributed by atoms with van der Waals surface area (Å²) in [6.07, 6.45) is 6.22. The Morgan fingerprint density at radius 3 is 1.62 bits per heavy atom. The lowest BCUT2D eigenvalue weighted by atomic mass is 9.81. The van der Waals surface area contributed by atoms with E-state index in [0.29, 0.717) is 0 Å². The molecule has 0 fully saturated rings. The van der Waals surface area contributed by atoms with Crippen LogP contribution in [0, 0.1) is 5.92 Å². The number of aliphatic imine (C=N–C) groups is 2. The van der Waals surface area contributed by atoms with E-state index in [1.54, 1.807) is 0 Å². The zero-order valence-corrected chi connectivity index (χ0v) is 31.0. The van der Waals surface area contributed by atoms with Crippen LogP contribution < -0.4 is 4.74 Å². The van der Waals surface area contributed by atoms with Crippen LogP contribution in [0.1, 0.15) is 28.8 Å². The van der Waals surface area contributed by atoms with Gasteiger partial charge in [0.05, 0.1) is 11.8 Å². The maximum Gasteiger partial charge on any atom is 0.150 e. The predicted molar refractivity (Wildman–Crippen MR) is 230 cm³/mol. The molecule has 56 heavy (non-hydrogen) atoms. The third-order valence-corrected chi connectivity index (χ3v) is 11.1. The van der Waals surface area contributed by atoms with Gasteiger partial charge in [0, 0.05) is 18.2 Å². The fraction of sp³-hybridized carbons (Fsp3) is 0.0769. The monoisotopic (exact) mass is 721 g/mol. The average molecular weight is 722 g/mol. The molecule has 3 atom stereocenters. The highest BCUT2D eigenvalue weighted by atomic mass is 16.5. The van der Waals surface area contributed by atoms with Gasteiger partial charge in [-0.2, -0.15) is 0 Å². The third-order valence-electron chi connectivity index (χ3n) is 11.1. The van der Waals surface area contributed by atoms with E-state index in [1.807, 2.05) is 12.1 Å². The summed E-state index contributed by atoms with van der Waals surface area (Å²) >= 11 is 0. The van der Waals surface area contributed by atoms with Crippen molar-refractivity contribution in [2.24, 2.45) is 15.9 Å². The molecule has 4 nitrogen and oxygen atoms in total. The maximum absolute atomic E-state index is 6.52. The molecule has 10 rings (SSSR count). The SMILES string of the molecule is CN1C(c2ccccc2)=NC(C2C=CC=C3Oc4ccc(-c5ccc(-c6cccc(-c7cccc(-c8ccccc8)c7)c6)cc5)cc4C32)=NC1c1ccccc1. The van der Waals surface area contributed by atoms with Gasteiger partial charge in [-0.05, 0) is 80.4 Å². The van der Waals surface area contributed by atoms with Crippen LogP contribution in [0.3, 0.4) is 0 Å². The maximum atomic E-state index is 6.52. The van der Waals surface area contributed by atoms with E-state index in [1.165, 1.54) is 33.4 Å². The van der Waals surface area contributed by atoms with Crippen LogP contribution in [0.2, 0.25) is 0 Å². The van der Waals surface area contributed by atoms with Gasteiger partial charge in [-0.3, -0.25) is 0 Å². The van der Waals surface area contributed by atoms with Crippen molar-refractivity contribution in [1.29, 1.82) is 0 Å². The summed E-state index contributed by atoms with van der Waals surface area (Å²) in [5.74, 6) is 3.42. The van der Waals surface area contributed by atoms with Crippen molar-refractivity contribution < 1.29 is 4.74 Å². The van der Waals surface area contributed by atoms with E-state index >= 15 is 0 Å². The Morgan fingerprint density at radius 1 is 0.500 bits per heavy atom. The molecule has 4 heteroatoms. The minimum Gasteiger partial charge on any atom is -0.461 e. The van der Waals surface area contributed by atoms with Gasteiger partial charge in [-0.25, -0.2) is 9.98 Å². The lowest BCUT2D eigenvalue weighted by Crippen LogP contribution is -2.37. The van der Waals surface area contributed by atoms with Crippen LogP contribution in [0.4, 0.5) is 0 Å². The van der Waals surface area contributed by atoms with Crippen LogP contribution in [-0.2, 0) is 0 Å². The van der Waals surface area contributed by atoms with Crippen molar-refractivity contribution in [2.45, 2.75) is 12.1 Å². The van der Waals surface area contributed by atoms with Crippen molar-refractivity contribution >= 4 is 11.7 Å².